The molecule has 0 amide bonds. The zero-order valence-corrected chi connectivity index (χ0v) is 12.1. The van der Waals surface area contributed by atoms with E-state index < -0.39 is 0 Å². The van der Waals surface area contributed by atoms with Gasteiger partial charge in [0.2, 0.25) is 0 Å². The Morgan fingerprint density at radius 3 is 2.79 bits per heavy atom. The molecule has 0 aromatic carbocycles. The lowest BCUT2D eigenvalue weighted by molar-refractivity contribution is 0.229. The van der Waals surface area contributed by atoms with Crippen LogP contribution in [0.5, 0.6) is 0 Å². The molecule has 2 N–H and O–H groups in total. The molecule has 2 saturated carbocycles. The highest BCUT2D eigenvalue weighted by Crippen LogP contribution is 2.46. The van der Waals surface area contributed by atoms with Crippen molar-refractivity contribution in [3.05, 3.63) is 22.8 Å². The van der Waals surface area contributed by atoms with Gasteiger partial charge >= 0.3 is 0 Å². The lowest BCUT2D eigenvalue weighted by Crippen LogP contribution is -2.44. The van der Waals surface area contributed by atoms with Gasteiger partial charge in [-0.15, -0.1) is 23.7 Å². The fraction of sp³-hybridized carbons (Fsp3) is 0.538. The second kappa shape index (κ2) is 4.58. The molecule has 19 heavy (non-hydrogen) atoms. The first kappa shape index (κ1) is 13.1. The molecule has 2 aromatic rings. The Hall–Kier alpha value is -0.910. The maximum atomic E-state index is 6.22. The van der Waals surface area contributed by atoms with Crippen LogP contribution in [0.2, 0.25) is 0 Å². The van der Waals surface area contributed by atoms with Crippen molar-refractivity contribution in [3.8, 4) is 10.8 Å². The standard InChI is InChI=1S/C13H15N3OS.ClH/c14-13(5-1-6-13)12-15-11(17-16-12)10-9(4-7-18-10)8-2-3-8;/h4,7-8H,1-3,5-6,14H2;1H. The normalized spacial score (nSPS) is 20.7. The van der Waals surface area contributed by atoms with E-state index in [0.717, 1.165) is 24.1 Å². The van der Waals surface area contributed by atoms with Gasteiger partial charge in [0.05, 0.1) is 10.4 Å². The number of rotatable bonds is 3. The predicted octanol–water partition coefficient (Wildman–Crippen LogP) is 3.44. The molecule has 0 bridgehead atoms. The van der Waals surface area contributed by atoms with Crippen LogP contribution < -0.4 is 5.73 Å². The first-order valence-electron chi connectivity index (χ1n) is 6.47. The highest BCUT2D eigenvalue weighted by atomic mass is 35.5. The molecule has 2 fully saturated rings. The number of thiophene rings is 1. The Morgan fingerprint density at radius 2 is 2.16 bits per heavy atom. The lowest BCUT2D eigenvalue weighted by atomic mass is 9.77. The third-order valence-electron chi connectivity index (χ3n) is 4.02. The second-order valence-electron chi connectivity index (χ2n) is 5.41. The van der Waals surface area contributed by atoms with Crippen molar-refractivity contribution in [2.24, 2.45) is 5.73 Å². The van der Waals surface area contributed by atoms with Crippen molar-refractivity contribution in [1.29, 1.82) is 0 Å². The molecule has 4 nitrogen and oxygen atoms in total. The van der Waals surface area contributed by atoms with E-state index in [2.05, 4.69) is 21.6 Å². The first-order valence-corrected chi connectivity index (χ1v) is 7.35. The van der Waals surface area contributed by atoms with E-state index in [0.29, 0.717) is 17.6 Å². The molecule has 0 saturated heterocycles. The Labute approximate surface area is 121 Å². The second-order valence-corrected chi connectivity index (χ2v) is 6.33. The summed E-state index contributed by atoms with van der Waals surface area (Å²) in [5.41, 5.74) is 7.26. The van der Waals surface area contributed by atoms with Crippen LogP contribution in [-0.4, -0.2) is 10.1 Å². The average Bonchev–Trinajstić information content (AvgIpc) is 2.89. The van der Waals surface area contributed by atoms with E-state index in [-0.39, 0.29) is 17.9 Å². The molecule has 4 rings (SSSR count). The molecule has 6 heteroatoms. The summed E-state index contributed by atoms with van der Waals surface area (Å²) in [6, 6.07) is 2.18. The van der Waals surface area contributed by atoms with E-state index >= 15 is 0 Å². The monoisotopic (exact) mass is 297 g/mol. The number of aromatic nitrogens is 2. The van der Waals surface area contributed by atoms with Crippen LogP contribution in [0, 0.1) is 0 Å². The minimum Gasteiger partial charge on any atom is -0.333 e. The SMILES string of the molecule is Cl.NC1(c2noc(-c3sccc3C3CC3)n2)CCC1. The Bertz CT molecular complexity index is 586. The van der Waals surface area contributed by atoms with Crippen LogP contribution >= 0.6 is 23.7 Å². The van der Waals surface area contributed by atoms with Gasteiger partial charge in [-0.3, -0.25) is 0 Å². The fourth-order valence-corrected chi connectivity index (χ4v) is 3.41. The summed E-state index contributed by atoms with van der Waals surface area (Å²) < 4.78 is 5.42. The van der Waals surface area contributed by atoms with Crippen molar-refractivity contribution in [1.82, 2.24) is 10.1 Å². The maximum absolute atomic E-state index is 6.22. The summed E-state index contributed by atoms with van der Waals surface area (Å²) in [6.45, 7) is 0. The minimum absolute atomic E-state index is 0. The van der Waals surface area contributed by atoms with Gasteiger partial charge in [-0.1, -0.05) is 5.16 Å². The fourth-order valence-electron chi connectivity index (χ4n) is 2.51. The number of nitrogens with zero attached hydrogens (tertiary/aromatic N) is 2. The van der Waals surface area contributed by atoms with Crippen LogP contribution in [-0.2, 0) is 5.54 Å². The molecule has 102 valence electrons. The molecular formula is C13H16ClN3OS. The van der Waals surface area contributed by atoms with E-state index in [1.165, 1.54) is 18.4 Å². The maximum Gasteiger partial charge on any atom is 0.268 e. The summed E-state index contributed by atoms with van der Waals surface area (Å²) in [4.78, 5) is 5.66. The summed E-state index contributed by atoms with van der Waals surface area (Å²) in [5, 5.41) is 6.19. The molecule has 0 radical (unpaired) electrons. The van der Waals surface area contributed by atoms with Gasteiger partial charge in [-0.25, -0.2) is 0 Å². The molecule has 0 spiro atoms. The molecule has 2 aliphatic carbocycles. The summed E-state index contributed by atoms with van der Waals surface area (Å²) in [6.07, 6.45) is 5.65. The van der Waals surface area contributed by atoms with Gasteiger partial charge in [-0.05, 0) is 55.0 Å². The largest absolute Gasteiger partial charge is 0.333 e. The predicted molar refractivity (Wildman–Crippen MR) is 76.6 cm³/mol. The van der Waals surface area contributed by atoms with Crippen molar-refractivity contribution in [2.75, 3.05) is 0 Å². The highest BCUT2D eigenvalue weighted by Gasteiger charge is 2.39. The summed E-state index contributed by atoms with van der Waals surface area (Å²) in [7, 11) is 0. The van der Waals surface area contributed by atoms with Gasteiger partial charge in [-0.2, -0.15) is 4.98 Å². The Balaban J connectivity index is 0.00000110. The number of hydrogen-bond donors (Lipinski definition) is 1. The highest BCUT2D eigenvalue weighted by molar-refractivity contribution is 7.13. The summed E-state index contributed by atoms with van der Waals surface area (Å²) in [5.74, 6) is 2.04. The molecule has 2 heterocycles. The molecule has 0 aliphatic heterocycles. The van der Waals surface area contributed by atoms with Crippen LogP contribution in [0.3, 0.4) is 0 Å². The molecular weight excluding hydrogens is 282 g/mol. The van der Waals surface area contributed by atoms with Crippen molar-refractivity contribution in [2.45, 2.75) is 43.6 Å². The molecule has 0 atom stereocenters. The van der Waals surface area contributed by atoms with Crippen LogP contribution in [0.25, 0.3) is 10.8 Å². The average molecular weight is 298 g/mol. The quantitative estimate of drug-likeness (QED) is 0.942. The number of nitrogens with two attached hydrogens (primary N) is 1. The van der Waals surface area contributed by atoms with Gasteiger partial charge < -0.3 is 10.3 Å². The number of hydrogen-bond acceptors (Lipinski definition) is 5. The van der Waals surface area contributed by atoms with Crippen LogP contribution in [0.15, 0.2) is 16.0 Å². The Morgan fingerprint density at radius 1 is 1.37 bits per heavy atom. The Kier molecular flexibility index (Phi) is 3.15. The summed E-state index contributed by atoms with van der Waals surface area (Å²) >= 11 is 1.68. The third-order valence-corrected chi connectivity index (χ3v) is 4.94. The van der Waals surface area contributed by atoms with E-state index in [1.54, 1.807) is 11.3 Å². The van der Waals surface area contributed by atoms with Gasteiger partial charge in [0.25, 0.3) is 5.89 Å². The zero-order valence-electron chi connectivity index (χ0n) is 10.5. The van der Waals surface area contributed by atoms with E-state index in [4.69, 9.17) is 10.3 Å². The topological polar surface area (TPSA) is 64.9 Å². The number of halogens is 1. The minimum atomic E-state index is -0.335. The lowest BCUT2D eigenvalue weighted by Gasteiger charge is -2.34. The van der Waals surface area contributed by atoms with Crippen molar-refractivity contribution >= 4 is 23.7 Å². The molecule has 2 aliphatic rings. The molecule has 0 unspecified atom stereocenters. The van der Waals surface area contributed by atoms with Crippen LogP contribution in [0.1, 0.15) is 49.4 Å². The van der Waals surface area contributed by atoms with Gasteiger partial charge in [0, 0.05) is 0 Å². The van der Waals surface area contributed by atoms with E-state index in [1.807, 2.05) is 0 Å². The molecule has 2 aromatic heterocycles. The first-order chi connectivity index (χ1) is 8.76. The van der Waals surface area contributed by atoms with Crippen LogP contribution in [0.4, 0.5) is 0 Å². The third kappa shape index (κ3) is 2.10. The smallest absolute Gasteiger partial charge is 0.268 e. The van der Waals surface area contributed by atoms with Crippen molar-refractivity contribution < 1.29 is 4.52 Å². The van der Waals surface area contributed by atoms with Gasteiger partial charge in [0.1, 0.15) is 0 Å². The van der Waals surface area contributed by atoms with Gasteiger partial charge in [0.15, 0.2) is 5.82 Å². The van der Waals surface area contributed by atoms with E-state index in [9.17, 15) is 0 Å². The van der Waals surface area contributed by atoms with Crippen molar-refractivity contribution in [3.63, 3.8) is 0 Å². The zero-order chi connectivity index (χ0) is 12.2.